The molecule has 0 aromatic heterocycles. The highest BCUT2D eigenvalue weighted by atomic mass is 16.5. The predicted molar refractivity (Wildman–Crippen MR) is 117 cm³/mol. The number of benzene rings is 1. The SMILES string of the molecule is CCCCC(CC1=CCN=C1)C(CC(=O)CCc1ccc(O)c(OC)c1)OC(C)=O. The maximum absolute atomic E-state index is 12.7. The Balaban J connectivity index is 2.02. The molecular formula is C24H33NO5. The number of carbonyl (C=O) groups excluding carboxylic acids is 2. The summed E-state index contributed by atoms with van der Waals surface area (Å²) in [5.41, 5.74) is 2.06. The van der Waals surface area contributed by atoms with Gasteiger partial charge in [0.05, 0.1) is 13.7 Å². The van der Waals surface area contributed by atoms with Gasteiger partial charge in [0.15, 0.2) is 11.5 Å². The van der Waals surface area contributed by atoms with E-state index in [-0.39, 0.29) is 29.8 Å². The molecule has 0 spiro atoms. The Kier molecular flexibility index (Phi) is 9.58. The van der Waals surface area contributed by atoms with Gasteiger partial charge in [0.2, 0.25) is 0 Å². The molecule has 6 nitrogen and oxygen atoms in total. The van der Waals surface area contributed by atoms with Gasteiger partial charge in [-0.05, 0) is 42.5 Å². The van der Waals surface area contributed by atoms with E-state index < -0.39 is 6.10 Å². The van der Waals surface area contributed by atoms with Crippen molar-refractivity contribution in [3.63, 3.8) is 0 Å². The van der Waals surface area contributed by atoms with Gasteiger partial charge in [0.1, 0.15) is 11.9 Å². The number of esters is 1. The number of hydrogen-bond acceptors (Lipinski definition) is 6. The van der Waals surface area contributed by atoms with Crippen LogP contribution in [0.3, 0.4) is 0 Å². The lowest BCUT2D eigenvalue weighted by Crippen LogP contribution is -2.29. The van der Waals surface area contributed by atoms with Crippen molar-refractivity contribution in [2.24, 2.45) is 10.9 Å². The number of carbonyl (C=O) groups is 2. The average molecular weight is 416 g/mol. The lowest BCUT2D eigenvalue weighted by atomic mass is 9.86. The Morgan fingerprint density at radius 1 is 1.30 bits per heavy atom. The molecule has 1 aliphatic rings. The topological polar surface area (TPSA) is 85.2 Å². The third-order valence-corrected chi connectivity index (χ3v) is 5.35. The average Bonchev–Trinajstić information content (AvgIpc) is 3.23. The van der Waals surface area contributed by atoms with Gasteiger partial charge in [-0.15, -0.1) is 0 Å². The molecule has 0 radical (unpaired) electrons. The van der Waals surface area contributed by atoms with Crippen LogP contribution in [0, 0.1) is 5.92 Å². The van der Waals surface area contributed by atoms with Crippen LogP contribution in [0.15, 0.2) is 34.8 Å². The number of allylic oxidation sites excluding steroid dienone is 1. The third-order valence-electron chi connectivity index (χ3n) is 5.35. The summed E-state index contributed by atoms with van der Waals surface area (Å²) in [6.45, 7) is 4.22. The van der Waals surface area contributed by atoms with Crippen LogP contribution in [0.25, 0.3) is 0 Å². The fourth-order valence-electron chi connectivity index (χ4n) is 3.72. The number of phenols is 1. The van der Waals surface area contributed by atoms with E-state index in [1.165, 1.54) is 14.0 Å². The molecule has 0 amide bonds. The summed E-state index contributed by atoms with van der Waals surface area (Å²) in [5, 5.41) is 9.71. The fraction of sp³-hybridized carbons (Fsp3) is 0.542. The molecule has 164 valence electrons. The van der Waals surface area contributed by atoms with Crippen molar-refractivity contribution in [3.8, 4) is 11.5 Å². The molecule has 0 aliphatic carbocycles. The van der Waals surface area contributed by atoms with E-state index in [2.05, 4.69) is 18.0 Å². The van der Waals surface area contributed by atoms with Gasteiger partial charge < -0.3 is 14.6 Å². The molecule has 0 fully saturated rings. The maximum Gasteiger partial charge on any atom is 0.302 e. The predicted octanol–water partition coefficient (Wildman–Crippen LogP) is 4.43. The van der Waals surface area contributed by atoms with Gasteiger partial charge in [-0.2, -0.15) is 0 Å². The molecule has 6 heteroatoms. The second-order valence-corrected chi connectivity index (χ2v) is 7.78. The highest BCUT2D eigenvalue weighted by molar-refractivity contribution is 5.81. The number of aromatic hydroxyl groups is 1. The molecule has 1 aliphatic heterocycles. The highest BCUT2D eigenvalue weighted by Gasteiger charge is 2.27. The zero-order valence-electron chi connectivity index (χ0n) is 18.2. The first kappa shape index (κ1) is 23.6. The number of phenolic OH excluding ortho intramolecular Hbond substituents is 1. The highest BCUT2D eigenvalue weighted by Crippen LogP contribution is 2.29. The van der Waals surface area contributed by atoms with Crippen LogP contribution in [0.5, 0.6) is 11.5 Å². The number of methoxy groups -OCH3 is 1. The summed E-state index contributed by atoms with van der Waals surface area (Å²) >= 11 is 0. The van der Waals surface area contributed by atoms with Gasteiger partial charge in [-0.1, -0.05) is 31.9 Å². The summed E-state index contributed by atoms with van der Waals surface area (Å²) in [4.78, 5) is 28.7. The van der Waals surface area contributed by atoms with E-state index in [1.54, 1.807) is 18.2 Å². The first-order chi connectivity index (χ1) is 14.4. The number of rotatable bonds is 13. The van der Waals surface area contributed by atoms with Crippen molar-refractivity contribution < 1.29 is 24.2 Å². The van der Waals surface area contributed by atoms with Crippen molar-refractivity contribution in [1.29, 1.82) is 0 Å². The molecule has 1 aromatic rings. The monoisotopic (exact) mass is 415 g/mol. The van der Waals surface area contributed by atoms with Gasteiger partial charge in [-0.25, -0.2) is 0 Å². The van der Waals surface area contributed by atoms with Gasteiger partial charge in [0.25, 0.3) is 0 Å². The number of nitrogens with zero attached hydrogens (tertiary/aromatic N) is 1. The number of unbranched alkanes of at least 4 members (excludes halogenated alkanes) is 1. The first-order valence-electron chi connectivity index (χ1n) is 10.7. The van der Waals surface area contributed by atoms with Crippen LogP contribution in [-0.2, 0) is 20.7 Å². The van der Waals surface area contributed by atoms with E-state index in [9.17, 15) is 14.7 Å². The summed E-state index contributed by atoms with van der Waals surface area (Å²) in [5.74, 6) is 0.271. The first-order valence-corrected chi connectivity index (χ1v) is 10.7. The molecule has 2 unspecified atom stereocenters. The summed E-state index contributed by atoms with van der Waals surface area (Å²) in [6, 6.07) is 5.09. The van der Waals surface area contributed by atoms with Crippen LogP contribution in [0.4, 0.5) is 0 Å². The minimum Gasteiger partial charge on any atom is -0.504 e. The summed E-state index contributed by atoms with van der Waals surface area (Å²) < 4.78 is 10.7. The molecular weight excluding hydrogens is 382 g/mol. The van der Waals surface area contributed by atoms with Crippen molar-refractivity contribution >= 4 is 18.0 Å². The largest absolute Gasteiger partial charge is 0.504 e. The number of aliphatic imine (C=N–C) groups is 1. The normalized spacial score (nSPS) is 14.8. The van der Waals surface area contributed by atoms with Crippen molar-refractivity contribution in [1.82, 2.24) is 0 Å². The van der Waals surface area contributed by atoms with Crippen LogP contribution in [-0.4, -0.2) is 42.8 Å². The number of hydrogen-bond donors (Lipinski definition) is 1. The second-order valence-electron chi connectivity index (χ2n) is 7.78. The molecule has 0 bridgehead atoms. The minimum absolute atomic E-state index is 0.0591. The van der Waals surface area contributed by atoms with E-state index in [0.717, 1.165) is 36.8 Å². The van der Waals surface area contributed by atoms with Crippen LogP contribution >= 0.6 is 0 Å². The zero-order chi connectivity index (χ0) is 21.9. The van der Waals surface area contributed by atoms with Crippen LogP contribution < -0.4 is 4.74 Å². The molecule has 1 aromatic carbocycles. The Bertz CT molecular complexity index is 784. The lowest BCUT2D eigenvalue weighted by Gasteiger charge is -2.26. The Morgan fingerprint density at radius 3 is 2.73 bits per heavy atom. The van der Waals surface area contributed by atoms with Gasteiger partial charge >= 0.3 is 5.97 Å². The molecule has 1 N–H and O–H groups in total. The van der Waals surface area contributed by atoms with Crippen molar-refractivity contribution in [2.75, 3.05) is 13.7 Å². The molecule has 0 saturated carbocycles. The third kappa shape index (κ3) is 7.65. The van der Waals surface area contributed by atoms with E-state index in [4.69, 9.17) is 9.47 Å². The minimum atomic E-state index is -0.425. The van der Waals surface area contributed by atoms with Crippen LogP contribution in [0.1, 0.15) is 57.9 Å². The fourth-order valence-corrected chi connectivity index (χ4v) is 3.72. The van der Waals surface area contributed by atoms with Gasteiger partial charge in [-0.3, -0.25) is 14.6 Å². The van der Waals surface area contributed by atoms with E-state index in [1.807, 2.05) is 6.21 Å². The van der Waals surface area contributed by atoms with Gasteiger partial charge in [0, 0.05) is 31.9 Å². The quantitative estimate of drug-likeness (QED) is 0.482. The molecule has 0 saturated heterocycles. The standard InChI is InChI=1S/C24H33NO5/c1-4-5-6-20(13-19-11-12-25-16-19)23(30-17(2)26)15-21(27)9-7-18-8-10-22(28)24(14-18)29-3/h8,10-11,14,16,20,23,28H,4-7,9,12-13,15H2,1-3H3. The molecule has 2 rings (SSSR count). The Morgan fingerprint density at radius 2 is 2.10 bits per heavy atom. The molecule has 2 atom stereocenters. The van der Waals surface area contributed by atoms with E-state index in [0.29, 0.717) is 25.1 Å². The molecule has 1 heterocycles. The van der Waals surface area contributed by atoms with Crippen molar-refractivity contribution in [3.05, 3.63) is 35.4 Å². The van der Waals surface area contributed by atoms with Crippen molar-refractivity contribution in [2.45, 2.75) is 64.9 Å². The van der Waals surface area contributed by atoms with Crippen LogP contribution in [0.2, 0.25) is 0 Å². The number of aryl methyl sites for hydroxylation is 1. The Labute approximate surface area is 179 Å². The van der Waals surface area contributed by atoms with E-state index >= 15 is 0 Å². The summed E-state index contributed by atoms with van der Waals surface area (Å²) in [6.07, 6.45) is 8.38. The lowest BCUT2D eigenvalue weighted by molar-refractivity contribution is -0.150. The number of Topliss-reactive ketones (excluding diaryl/α,β-unsaturated/α-hetero) is 1. The second kappa shape index (κ2) is 12.2. The Hall–Kier alpha value is -2.63. The zero-order valence-corrected chi connectivity index (χ0v) is 18.2. The summed E-state index contributed by atoms with van der Waals surface area (Å²) in [7, 11) is 1.49. The number of ether oxygens (including phenoxy) is 2. The molecule has 30 heavy (non-hydrogen) atoms. The maximum atomic E-state index is 12.7. The number of ketones is 1. The smallest absolute Gasteiger partial charge is 0.302 e.